The van der Waals surface area contributed by atoms with Crippen LogP contribution in [0.5, 0.6) is 11.5 Å². The van der Waals surface area contributed by atoms with Gasteiger partial charge in [-0.05, 0) is 55.9 Å². The summed E-state index contributed by atoms with van der Waals surface area (Å²) in [5.74, 6) is 1.14. The van der Waals surface area contributed by atoms with Gasteiger partial charge in [0.1, 0.15) is 22.9 Å². The van der Waals surface area contributed by atoms with Crippen LogP contribution in [0.2, 0.25) is 0 Å². The number of hydrogen-bond donors (Lipinski definition) is 2. The van der Waals surface area contributed by atoms with Crippen molar-refractivity contribution in [1.29, 1.82) is 0 Å². The van der Waals surface area contributed by atoms with Crippen molar-refractivity contribution in [2.24, 2.45) is 0 Å². The van der Waals surface area contributed by atoms with Crippen molar-refractivity contribution in [3.8, 4) is 11.5 Å². The maximum absolute atomic E-state index is 13.7. The maximum atomic E-state index is 13.7. The number of aryl methyl sites for hydroxylation is 1. The molecule has 0 saturated carbocycles. The SMILES string of the molecule is CNCc1cc(F)c(C)cc1Oc1ccc2occc2c1.O=CO. The van der Waals surface area contributed by atoms with Crippen molar-refractivity contribution in [3.63, 3.8) is 0 Å². The van der Waals surface area contributed by atoms with Gasteiger partial charge < -0.3 is 19.6 Å². The van der Waals surface area contributed by atoms with Crippen LogP contribution in [0.3, 0.4) is 0 Å². The predicted octanol–water partition coefficient (Wildman–Crippen LogP) is 4.09. The van der Waals surface area contributed by atoms with E-state index < -0.39 is 0 Å². The minimum absolute atomic E-state index is 0.224. The van der Waals surface area contributed by atoms with E-state index in [2.05, 4.69) is 5.32 Å². The highest BCUT2D eigenvalue weighted by atomic mass is 19.1. The highest BCUT2D eigenvalue weighted by Gasteiger charge is 2.10. The maximum Gasteiger partial charge on any atom is 0.290 e. The van der Waals surface area contributed by atoms with Crippen LogP contribution in [0.25, 0.3) is 11.0 Å². The van der Waals surface area contributed by atoms with Crippen LogP contribution >= 0.6 is 0 Å². The molecule has 5 nitrogen and oxygen atoms in total. The second kappa shape index (κ2) is 8.12. The summed E-state index contributed by atoms with van der Waals surface area (Å²) < 4.78 is 24.9. The van der Waals surface area contributed by atoms with Crippen LogP contribution in [-0.2, 0) is 11.3 Å². The Morgan fingerprint density at radius 1 is 1.29 bits per heavy atom. The van der Waals surface area contributed by atoms with Gasteiger partial charge in [0.2, 0.25) is 0 Å². The number of hydrogen-bond acceptors (Lipinski definition) is 4. The molecule has 0 spiro atoms. The minimum Gasteiger partial charge on any atom is -0.483 e. The van der Waals surface area contributed by atoms with Crippen LogP contribution in [0.15, 0.2) is 47.1 Å². The van der Waals surface area contributed by atoms with Gasteiger partial charge in [0.15, 0.2) is 0 Å². The fraction of sp³-hybridized carbons (Fsp3) is 0.167. The monoisotopic (exact) mass is 331 g/mol. The molecule has 3 rings (SSSR count). The molecule has 2 N–H and O–H groups in total. The van der Waals surface area contributed by atoms with E-state index >= 15 is 0 Å². The van der Waals surface area contributed by atoms with Crippen molar-refractivity contribution in [2.75, 3.05) is 7.05 Å². The third-order valence-corrected chi connectivity index (χ3v) is 3.36. The number of carboxylic acid groups (broad SMARTS) is 1. The topological polar surface area (TPSA) is 71.7 Å². The number of rotatable bonds is 4. The summed E-state index contributed by atoms with van der Waals surface area (Å²) in [7, 11) is 1.82. The molecule has 1 heterocycles. The molecule has 0 aliphatic rings. The summed E-state index contributed by atoms with van der Waals surface area (Å²) >= 11 is 0. The van der Waals surface area contributed by atoms with Crippen LogP contribution < -0.4 is 10.1 Å². The Balaban J connectivity index is 0.000000647. The summed E-state index contributed by atoms with van der Waals surface area (Å²) in [6.07, 6.45) is 1.64. The lowest BCUT2D eigenvalue weighted by atomic mass is 10.1. The van der Waals surface area contributed by atoms with Gasteiger partial charge in [0.05, 0.1) is 6.26 Å². The molecule has 0 bridgehead atoms. The molecular formula is C18H18FNO4. The molecule has 1 aromatic heterocycles. The zero-order valence-corrected chi connectivity index (χ0v) is 13.4. The van der Waals surface area contributed by atoms with E-state index in [-0.39, 0.29) is 12.3 Å². The number of carbonyl (C=O) groups is 1. The van der Waals surface area contributed by atoms with Crippen molar-refractivity contribution >= 4 is 17.4 Å². The molecule has 0 saturated heterocycles. The van der Waals surface area contributed by atoms with Gasteiger partial charge in [-0.3, -0.25) is 4.79 Å². The molecule has 24 heavy (non-hydrogen) atoms. The van der Waals surface area contributed by atoms with E-state index in [9.17, 15) is 4.39 Å². The Morgan fingerprint density at radius 3 is 2.75 bits per heavy atom. The van der Waals surface area contributed by atoms with Crippen LogP contribution in [0.4, 0.5) is 4.39 Å². The van der Waals surface area contributed by atoms with Gasteiger partial charge in [-0.2, -0.15) is 0 Å². The summed E-state index contributed by atoms with van der Waals surface area (Å²) in [6, 6.07) is 10.7. The number of fused-ring (bicyclic) bond motifs is 1. The number of benzene rings is 2. The standard InChI is InChI=1S/C17H16FNO2.CH2O2/c1-11-7-17(13(10-19-2)9-15(11)18)21-14-3-4-16-12(8-14)5-6-20-16;2-1-3/h3-9,19H,10H2,1-2H3;1H,(H,2,3). The number of furan rings is 1. The van der Waals surface area contributed by atoms with Gasteiger partial charge >= 0.3 is 0 Å². The first-order chi connectivity index (χ1) is 11.6. The van der Waals surface area contributed by atoms with Gasteiger partial charge in [-0.15, -0.1) is 0 Å². The highest BCUT2D eigenvalue weighted by Crippen LogP contribution is 2.30. The molecular weight excluding hydrogens is 313 g/mol. The molecule has 0 fully saturated rings. The normalized spacial score (nSPS) is 10.1. The average Bonchev–Trinajstić information content (AvgIpc) is 3.01. The lowest BCUT2D eigenvalue weighted by molar-refractivity contribution is -0.122. The summed E-state index contributed by atoms with van der Waals surface area (Å²) in [4.78, 5) is 8.36. The van der Waals surface area contributed by atoms with Crippen molar-refractivity contribution in [3.05, 3.63) is 59.6 Å². The zero-order chi connectivity index (χ0) is 17.5. The van der Waals surface area contributed by atoms with Gasteiger partial charge in [0.25, 0.3) is 6.47 Å². The third kappa shape index (κ3) is 4.11. The quantitative estimate of drug-likeness (QED) is 0.705. The minimum atomic E-state index is -0.250. The van der Waals surface area contributed by atoms with E-state index in [4.69, 9.17) is 19.1 Å². The van der Waals surface area contributed by atoms with Gasteiger partial charge in [-0.1, -0.05) is 0 Å². The van der Waals surface area contributed by atoms with Gasteiger partial charge in [0, 0.05) is 17.5 Å². The second-order valence-corrected chi connectivity index (χ2v) is 5.07. The van der Waals surface area contributed by atoms with Crippen molar-refractivity contribution in [2.45, 2.75) is 13.5 Å². The Bertz CT molecular complexity index is 829. The van der Waals surface area contributed by atoms with Crippen LogP contribution in [0, 0.1) is 12.7 Å². The average molecular weight is 331 g/mol. The predicted molar refractivity (Wildman–Crippen MR) is 88.9 cm³/mol. The Labute approximate surface area is 138 Å². The van der Waals surface area contributed by atoms with E-state index in [0.717, 1.165) is 16.5 Å². The Kier molecular flexibility index (Phi) is 5.92. The number of halogens is 1. The fourth-order valence-corrected chi connectivity index (χ4v) is 2.26. The summed E-state index contributed by atoms with van der Waals surface area (Å²) in [5.41, 5.74) is 2.16. The molecule has 0 aliphatic carbocycles. The zero-order valence-electron chi connectivity index (χ0n) is 13.4. The summed E-state index contributed by atoms with van der Waals surface area (Å²) in [6.45, 7) is 2.02. The fourth-order valence-electron chi connectivity index (χ4n) is 2.26. The first-order valence-corrected chi connectivity index (χ1v) is 7.25. The summed E-state index contributed by atoms with van der Waals surface area (Å²) in [5, 5.41) is 10.9. The van der Waals surface area contributed by atoms with E-state index in [1.54, 1.807) is 19.3 Å². The molecule has 0 unspecified atom stereocenters. The third-order valence-electron chi connectivity index (χ3n) is 3.36. The molecule has 2 aromatic carbocycles. The first-order valence-electron chi connectivity index (χ1n) is 7.25. The van der Waals surface area contributed by atoms with Crippen LogP contribution in [0.1, 0.15) is 11.1 Å². The molecule has 0 atom stereocenters. The Morgan fingerprint density at radius 2 is 2.04 bits per heavy atom. The van der Waals surface area contributed by atoms with E-state index in [1.165, 1.54) is 6.07 Å². The van der Waals surface area contributed by atoms with E-state index in [0.29, 0.717) is 23.6 Å². The van der Waals surface area contributed by atoms with Crippen LogP contribution in [-0.4, -0.2) is 18.6 Å². The molecule has 0 aliphatic heterocycles. The van der Waals surface area contributed by atoms with E-state index in [1.807, 2.05) is 31.3 Å². The molecule has 6 heteroatoms. The van der Waals surface area contributed by atoms with Crippen molar-refractivity contribution in [1.82, 2.24) is 5.32 Å². The van der Waals surface area contributed by atoms with Gasteiger partial charge in [-0.25, -0.2) is 4.39 Å². The van der Waals surface area contributed by atoms with Crippen molar-refractivity contribution < 1.29 is 23.4 Å². The smallest absolute Gasteiger partial charge is 0.290 e. The first kappa shape index (κ1) is 17.5. The second-order valence-electron chi connectivity index (χ2n) is 5.07. The Hall–Kier alpha value is -2.86. The number of nitrogens with one attached hydrogen (secondary N) is 1. The lowest BCUT2D eigenvalue weighted by Crippen LogP contribution is -2.07. The molecule has 3 aromatic rings. The number of ether oxygens (including phenoxy) is 1. The lowest BCUT2D eigenvalue weighted by Gasteiger charge is -2.12. The molecule has 0 amide bonds. The molecule has 0 radical (unpaired) electrons. The largest absolute Gasteiger partial charge is 0.483 e. The highest BCUT2D eigenvalue weighted by molar-refractivity contribution is 5.78. The molecule has 126 valence electrons.